The molecule has 0 unspecified atom stereocenters. The molecule has 1 atom stereocenters. The molecule has 0 saturated carbocycles. The number of aliphatic hydroxyl groups excluding tert-OH is 1. The van der Waals surface area contributed by atoms with E-state index >= 15 is 0 Å². The largest absolute Gasteiger partial charge is 0.507 e. The maximum absolute atomic E-state index is 13.1. The highest BCUT2D eigenvalue weighted by Gasteiger charge is 2.45. The van der Waals surface area contributed by atoms with E-state index in [2.05, 4.69) is 0 Å². The number of aliphatic hydroxyl groups is 1. The van der Waals surface area contributed by atoms with E-state index in [1.165, 1.54) is 4.90 Å². The molecule has 180 valence electrons. The lowest BCUT2D eigenvalue weighted by Crippen LogP contribution is -3.14. The van der Waals surface area contributed by atoms with Crippen LogP contribution in [0.4, 0.5) is 0 Å². The fourth-order valence-electron chi connectivity index (χ4n) is 4.56. The molecule has 1 amide bonds. The number of nitrogens with zero attached hydrogens (tertiary/aromatic N) is 1. The average molecular weight is 468 g/mol. The summed E-state index contributed by atoms with van der Waals surface area (Å²) >= 11 is 0. The highest BCUT2D eigenvalue weighted by atomic mass is 16.5. The SMILES string of the molecule is COc1ccc(C(O)=C2C(=O)C(=O)N(CCC[NH+]3CCOCC3)[C@H]2c2ccc(OC)cc2)cc1. The number of benzene rings is 2. The number of hydrogen-bond acceptors (Lipinski definition) is 6. The first kappa shape index (κ1) is 23.8. The fourth-order valence-corrected chi connectivity index (χ4v) is 4.56. The third-order valence-electron chi connectivity index (χ3n) is 6.46. The first-order valence-corrected chi connectivity index (χ1v) is 11.5. The van der Waals surface area contributed by atoms with Gasteiger partial charge in [-0.05, 0) is 42.0 Å². The Bertz CT molecular complexity index is 1040. The summed E-state index contributed by atoms with van der Waals surface area (Å²) < 4.78 is 15.9. The predicted octanol–water partition coefficient (Wildman–Crippen LogP) is 1.43. The van der Waals surface area contributed by atoms with Crippen molar-refractivity contribution in [3.63, 3.8) is 0 Å². The summed E-state index contributed by atoms with van der Waals surface area (Å²) in [7, 11) is 3.14. The minimum Gasteiger partial charge on any atom is -0.507 e. The first-order valence-electron chi connectivity index (χ1n) is 11.5. The molecule has 4 rings (SSSR count). The van der Waals surface area contributed by atoms with E-state index in [4.69, 9.17) is 14.2 Å². The summed E-state index contributed by atoms with van der Waals surface area (Å²) in [5.41, 5.74) is 1.29. The number of carbonyl (C=O) groups is 2. The van der Waals surface area contributed by atoms with Crippen molar-refractivity contribution in [1.29, 1.82) is 0 Å². The normalized spacial score (nSPS) is 20.5. The molecule has 2 aliphatic heterocycles. The number of hydrogen-bond donors (Lipinski definition) is 2. The molecular weight excluding hydrogens is 436 g/mol. The van der Waals surface area contributed by atoms with Gasteiger partial charge in [0.2, 0.25) is 0 Å². The summed E-state index contributed by atoms with van der Waals surface area (Å²) in [6, 6.07) is 13.3. The van der Waals surface area contributed by atoms with Crippen LogP contribution in [0.1, 0.15) is 23.6 Å². The van der Waals surface area contributed by atoms with Crippen LogP contribution in [-0.4, -0.2) is 75.3 Å². The average Bonchev–Trinajstić information content (AvgIpc) is 3.14. The van der Waals surface area contributed by atoms with Crippen LogP contribution in [-0.2, 0) is 14.3 Å². The number of ketones is 1. The lowest BCUT2D eigenvalue weighted by Gasteiger charge is -2.27. The van der Waals surface area contributed by atoms with Crippen LogP contribution in [0.2, 0.25) is 0 Å². The van der Waals surface area contributed by atoms with E-state index in [0.717, 1.165) is 44.8 Å². The maximum Gasteiger partial charge on any atom is 0.295 e. The summed E-state index contributed by atoms with van der Waals surface area (Å²) in [6.45, 7) is 4.68. The van der Waals surface area contributed by atoms with Gasteiger partial charge in [-0.25, -0.2) is 0 Å². The van der Waals surface area contributed by atoms with Crippen LogP contribution in [0.5, 0.6) is 11.5 Å². The third-order valence-corrected chi connectivity index (χ3v) is 6.46. The standard InChI is InChI=1S/C26H30N2O6/c1-32-20-8-4-18(5-9-20)23-22(24(29)19-6-10-21(33-2)11-7-19)25(30)26(31)28(23)13-3-12-27-14-16-34-17-15-27/h4-11,23,29H,3,12-17H2,1-2H3/p+1/t23-/m0/s1. The lowest BCUT2D eigenvalue weighted by molar-refractivity contribution is -0.908. The number of nitrogens with one attached hydrogen (secondary N) is 1. The molecule has 8 heteroatoms. The van der Waals surface area contributed by atoms with Crippen molar-refractivity contribution < 1.29 is 33.8 Å². The Balaban J connectivity index is 1.66. The minimum atomic E-state index is -0.673. The van der Waals surface area contributed by atoms with Gasteiger partial charge in [-0.1, -0.05) is 12.1 Å². The number of likely N-dealkylation sites (tertiary alicyclic amines) is 1. The van der Waals surface area contributed by atoms with Crippen molar-refractivity contribution in [2.24, 2.45) is 0 Å². The van der Waals surface area contributed by atoms with Crippen LogP contribution in [0.15, 0.2) is 54.1 Å². The Morgan fingerprint density at radius 2 is 1.59 bits per heavy atom. The third kappa shape index (κ3) is 4.93. The predicted molar refractivity (Wildman–Crippen MR) is 126 cm³/mol. The molecule has 2 aromatic carbocycles. The van der Waals surface area contributed by atoms with Crippen molar-refractivity contribution in [2.75, 3.05) is 53.6 Å². The highest BCUT2D eigenvalue weighted by Crippen LogP contribution is 2.40. The van der Waals surface area contributed by atoms with E-state index in [0.29, 0.717) is 23.6 Å². The molecule has 0 aromatic heterocycles. The summed E-state index contributed by atoms with van der Waals surface area (Å²) in [4.78, 5) is 29.3. The van der Waals surface area contributed by atoms with Gasteiger partial charge in [0.1, 0.15) is 30.3 Å². The van der Waals surface area contributed by atoms with Crippen molar-refractivity contribution in [2.45, 2.75) is 12.5 Å². The molecule has 2 aromatic rings. The molecule has 0 aliphatic carbocycles. The van der Waals surface area contributed by atoms with Gasteiger partial charge in [-0.15, -0.1) is 0 Å². The van der Waals surface area contributed by atoms with Gasteiger partial charge in [0, 0.05) is 18.5 Å². The number of ether oxygens (including phenoxy) is 3. The summed E-state index contributed by atoms with van der Waals surface area (Å²) in [5, 5.41) is 11.1. The fraction of sp³-hybridized carbons (Fsp3) is 0.385. The van der Waals surface area contributed by atoms with Gasteiger partial charge < -0.3 is 29.1 Å². The van der Waals surface area contributed by atoms with Crippen LogP contribution in [0.3, 0.4) is 0 Å². The van der Waals surface area contributed by atoms with Gasteiger partial charge in [0.25, 0.3) is 11.7 Å². The number of amides is 1. The minimum absolute atomic E-state index is 0.0963. The van der Waals surface area contributed by atoms with Crippen LogP contribution in [0.25, 0.3) is 5.76 Å². The van der Waals surface area contributed by atoms with E-state index < -0.39 is 17.7 Å². The molecule has 2 N–H and O–H groups in total. The Morgan fingerprint density at radius 3 is 2.18 bits per heavy atom. The monoisotopic (exact) mass is 467 g/mol. The number of methoxy groups -OCH3 is 2. The number of quaternary nitrogens is 1. The molecule has 2 aliphatic rings. The number of morpholine rings is 1. The first-order chi connectivity index (χ1) is 16.5. The van der Waals surface area contributed by atoms with Crippen LogP contribution >= 0.6 is 0 Å². The van der Waals surface area contributed by atoms with Gasteiger partial charge >= 0.3 is 0 Å². The molecule has 0 spiro atoms. The van der Waals surface area contributed by atoms with Crippen LogP contribution in [0, 0.1) is 0 Å². The second-order valence-electron chi connectivity index (χ2n) is 8.46. The zero-order valence-electron chi connectivity index (χ0n) is 19.6. The zero-order chi connectivity index (χ0) is 24.1. The second-order valence-corrected chi connectivity index (χ2v) is 8.46. The molecule has 2 saturated heterocycles. The highest BCUT2D eigenvalue weighted by molar-refractivity contribution is 6.46. The Labute approximate surface area is 199 Å². The van der Waals surface area contributed by atoms with Gasteiger partial charge in [-0.2, -0.15) is 0 Å². The molecular formula is C26H31N2O6+. The Kier molecular flexibility index (Phi) is 7.49. The topological polar surface area (TPSA) is 89.7 Å². The van der Waals surface area contributed by atoms with Crippen molar-refractivity contribution >= 4 is 17.4 Å². The molecule has 2 fully saturated rings. The van der Waals surface area contributed by atoms with Crippen molar-refractivity contribution in [3.8, 4) is 11.5 Å². The van der Waals surface area contributed by atoms with Crippen LogP contribution < -0.4 is 14.4 Å². The van der Waals surface area contributed by atoms with Crippen molar-refractivity contribution in [1.82, 2.24) is 4.90 Å². The second kappa shape index (κ2) is 10.7. The van der Waals surface area contributed by atoms with E-state index in [-0.39, 0.29) is 11.3 Å². The molecule has 8 nitrogen and oxygen atoms in total. The van der Waals surface area contributed by atoms with Gasteiger partial charge in [0.05, 0.1) is 45.6 Å². The Hall–Kier alpha value is -3.36. The zero-order valence-corrected chi connectivity index (χ0v) is 19.6. The number of rotatable bonds is 8. The van der Waals surface area contributed by atoms with Crippen molar-refractivity contribution in [3.05, 3.63) is 65.2 Å². The Morgan fingerprint density at radius 1 is 1.00 bits per heavy atom. The van der Waals surface area contributed by atoms with E-state index in [1.807, 2.05) is 12.1 Å². The summed E-state index contributed by atoms with van der Waals surface area (Å²) in [5.74, 6) is -0.148. The molecule has 2 heterocycles. The molecule has 0 bridgehead atoms. The number of Topliss-reactive ketones (excluding diaryl/α,β-unsaturated/α-hetero) is 1. The van der Waals surface area contributed by atoms with Gasteiger partial charge in [0.15, 0.2) is 0 Å². The quantitative estimate of drug-likeness (QED) is 0.347. The maximum atomic E-state index is 13.1. The lowest BCUT2D eigenvalue weighted by atomic mass is 9.95. The van der Waals surface area contributed by atoms with Gasteiger partial charge in [-0.3, -0.25) is 9.59 Å². The number of carbonyl (C=O) groups excluding carboxylic acids is 2. The molecule has 34 heavy (non-hydrogen) atoms. The van der Waals surface area contributed by atoms with E-state index in [9.17, 15) is 14.7 Å². The molecule has 0 radical (unpaired) electrons. The summed E-state index contributed by atoms with van der Waals surface area (Å²) in [6.07, 6.45) is 0.748. The smallest absolute Gasteiger partial charge is 0.295 e. The van der Waals surface area contributed by atoms with E-state index in [1.54, 1.807) is 55.5 Å².